The van der Waals surface area contributed by atoms with Crippen molar-refractivity contribution >= 4 is 17.5 Å². The Morgan fingerprint density at radius 3 is 2.66 bits per heavy atom. The number of piperidine rings is 1. The number of allylic oxidation sites excluding steroid dienone is 1. The summed E-state index contributed by atoms with van der Waals surface area (Å²) in [6, 6.07) is 6.57. The number of phenolic OH excluding ortho intramolecular Hbond substituents is 1. The van der Waals surface area contributed by atoms with Crippen LogP contribution in [-0.2, 0) is 9.59 Å². The number of carbonyl (C=O) groups excluding carboxylic acids is 2. The van der Waals surface area contributed by atoms with E-state index in [9.17, 15) is 14.7 Å². The van der Waals surface area contributed by atoms with Gasteiger partial charge in [-0.25, -0.2) is 0 Å². The Hall–Kier alpha value is -2.34. The Bertz CT molecular complexity index is 739. The lowest BCUT2D eigenvalue weighted by molar-refractivity contribution is -0.127. The molecule has 1 fully saturated rings. The number of hydrogen-bond donors (Lipinski definition) is 3. The number of carbonyl (C=O) groups is 2. The van der Waals surface area contributed by atoms with Gasteiger partial charge in [0.15, 0.2) is 0 Å². The lowest BCUT2D eigenvalue weighted by Crippen LogP contribution is -2.49. The molecule has 0 spiro atoms. The second-order valence-electron chi connectivity index (χ2n) is 8.14. The van der Waals surface area contributed by atoms with Crippen LogP contribution in [0.3, 0.4) is 0 Å². The lowest BCUT2D eigenvalue weighted by atomic mass is 9.94. The largest absolute Gasteiger partial charge is 0.506 e. The molecule has 2 amide bonds. The minimum absolute atomic E-state index is 0.0657. The topological polar surface area (TPSA) is 81.7 Å². The van der Waals surface area contributed by atoms with Crippen LogP contribution in [0, 0.1) is 5.92 Å². The Morgan fingerprint density at radius 1 is 1.21 bits per heavy atom. The van der Waals surface area contributed by atoms with E-state index < -0.39 is 0 Å². The van der Waals surface area contributed by atoms with Crippen LogP contribution in [0.1, 0.15) is 51.9 Å². The Labute approximate surface area is 173 Å². The van der Waals surface area contributed by atoms with E-state index in [0.717, 1.165) is 19.5 Å². The molecule has 6 nitrogen and oxygen atoms in total. The summed E-state index contributed by atoms with van der Waals surface area (Å²) in [7, 11) is 0. The Morgan fingerprint density at radius 2 is 1.97 bits per heavy atom. The van der Waals surface area contributed by atoms with Gasteiger partial charge in [-0.3, -0.25) is 14.5 Å². The fraction of sp³-hybridized carbons (Fsp3) is 0.565. The third-order valence-electron chi connectivity index (χ3n) is 6.12. The maximum absolute atomic E-state index is 12.5. The van der Waals surface area contributed by atoms with Crippen molar-refractivity contribution < 1.29 is 14.7 Å². The molecule has 0 radical (unpaired) electrons. The normalized spacial score (nSPS) is 19.3. The predicted molar refractivity (Wildman–Crippen MR) is 115 cm³/mol. The van der Waals surface area contributed by atoms with Gasteiger partial charge in [-0.2, -0.15) is 0 Å². The average Bonchev–Trinajstić information content (AvgIpc) is 2.75. The van der Waals surface area contributed by atoms with Crippen LogP contribution in [0.2, 0.25) is 0 Å². The molecule has 1 atom stereocenters. The zero-order valence-corrected chi connectivity index (χ0v) is 17.3. The highest BCUT2D eigenvalue weighted by molar-refractivity contribution is 5.94. The molecule has 3 N–H and O–H groups in total. The van der Waals surface area contributed by atoms with Crippen molar-refractivity contribution in [3.8, 4) is 5.75 Å². The van der Waals surface area contributed by atoms with E-state index in [2.05, 4.69) is 21.6 Å². The van der Waals surface area contributed by atoms with Crippen LogP contribution < -0.4 is 10.6 Å². The molecule has 29 heavy (non-hydrogen) atoms. The molecule has 1 unspecified atom stereocenters. The molecule has 6 heteroatoms. The van der Waals surface area contributed by atoms with Gasteiger partial charge >= 0.3 is 0 Å². The summed E-state index contributed by atoms with van der Waals surface area (Å²) in [4.78, 5) is 27.1. The highest BCUT2D eigenvalue weighted by Gasteiger charge is 2.30. The first-order chi connectivity index (χ1) is 14.0. The van der Waals surface area contributed by atoms with Gasteiger partial charge in [0.05, 0.1) is 11.7 Å². The van der Waals surface area contributed by atoms with Crippen LogP contribution in [0.4, 0.5) is 5.69 Å². The lowest BCUT2D eigenvalue weighted by Gasteiger charge is -2.34. The number of nitrogens with zero attached hydrogens (tertiary/aromatic N) is 1. The van der Waals surface area contributed by atoms with E-state index in [1.807, 2.05) is 6.92 Å². The van der Waals surface area contributed by atoms with Crippen molar-refractivity contribution in [3.63, 3.8) is 0 Å². The molecule has 158 valence electrons. The first-order valence-corrected chi connectivity index (χ1v) is 10.8. The van der Waals surface area contributed by atoms with Crippen molar-refractivity contribution in [2.45, 2.75) is 57.9 Å². The highest BCUT2D eigenvalue weighted by Crippen LogP contribution is 2.25. The van der Waals surface area contributed by atoms with Gasteiger partial charge in [0.25, 0.3) is 0 Å². The number of aromatic hydroxyl groups is 1. The molecule has 0 saturated carbocycles. The van der Waals surface area contributed by atoms with Gasteiger partial charge in [-0.15, -0.1) is 0 Å². The maximum Gasteiger partial charge on any atom is 0.237 e. The summed E-state index contributed by atoms with van der Waals surface area (Å²) < 4.78 is 0. The molecule has 1 heterocycles. The van der Waals surface area contributed by atoms with Crippen molar-refractivity contribution in [3.05, 3.63) is 35.9 Å². The summed E-state index contributed by atoms with van der Waals surface area (Å²) in [6.07, 6.45) is 9.59. The van der Waals surface area contributed by atoms with Gasteiger partial charge in [0.2, 0.25) is 11.8 Å². The molecular weight excluding hydrogens is 366 g/mol. The second kappa shape index (κ2) is 10.4. The number of para-hydroxylation sites is 2. The molecule has 1 aromatic carbocycles. The zero-order chi connectivity index (χ0) is 20.6. The number of benzene rings is 1. The molecule has 0 bridgehead atoms. The molecule has 1 aromatic rings. The Balaban J connectivity index is 1.39. The fourth-order valence-electron chi connectivity index (χ4n) is 4.15. The van der Waals surface area contributed by atoms with Crippen molar-refractivity contribution in [1.29, 1.82) is 0 Å². The molecule has 2 aliphatic rings. The molecule has 0 aromatic heterocycles. The van der Waals surface area contributed by atoms with Crippen molar-refractivity contribution in [2.24, 2.45) is 5.92 Å². The molecule has 3 rings (SSSR count). The fourth-order valence-corrected chi connectivity index (χ4v) is 4.15. The van der Waals surface area contributed by atoms with Crippen LogP contribution in [-0.4, -0.2) is 47.5 Å². The van der Waals surface area contributed by atoms with E-state index in [0.29, 0.717) is 25.1 Å². The van der Waals surface area contributed by atoms with Gasteiger partial charge in [-0.05, 0) is 77.1 Å². The molecule has 1 saturated heterocycles. The van der Waals surface area contributed by atoms with E-state index in [-0.39, 0.29) is 29.5 Å². The van der Waals surface area contributed by atoms with E-state index in [1.165, 1.54) is 31.3 Å². The van der Waals surface area contributed by atoms with Crippen molar-refractivity contribution in [2.75, 3.05) is 25.0 Å². The molecular formula is C23H33N3O3. The number of anilines is 1. The number of nitrogens with one attached hydrogen (secondary N) is 2. The third-order valence-corrected chi connectivity index (χ3v) is 6.12. The number of likely N-dealkylation sites (tertiary alicyclic amines) is 1. The van der Waals surface area contributed by atoms with Crippen LogP contribution >= 0.6 is 0 Å². The monoisotopic (exact) mass is 399 g/mol. The number of amides is 2. The SMILES string of the molecule is CC(C(=O)NCCC1=CCCCC1)N1CCC(C(=O)Nc2ccccc2O)CC1. The van der Waals surface area contributed by atoms with Crippen LogP contribution in [0.25, 0.3) is 0 Å². The summed E-state index contributed by atoms with van der Waals surface area (Å²) in [5.74, 6) is -0.0190. The van der Waals surface area contributed by atoms with Gasteiger partial charge < -0.3 is 15.7 Å². The minimum Gasteiger partial charge on any atom is -0.506 e. The van der Waals surface area contributed by atoms with E-state index in [1.54, 1.807) is 24.3 Å². The second-order valence-corrected chi connectivity index (χ2v) is 8.14. The van der Waals surface area contributed by atoms with Crippen molar-refractivity contribution in [1.82, 2.24) is 10.2 Å². The summed E-state index contributed by atoms with van der Waals surface area (Å²) >= 11 is 0. The van der Waals surface area contributed by atoms with Crippen LogP contribution in [0.15, 0.2) is 35.9 Å². The predicted octanol–water partition coefficient (Wildman–Crippen LogP) is 3.44. The van der Waals surface area contributed by atoms with E-state index in [4.69, 9.17) is 0 Å². The maximum atomic E-state index is 12.5. The quantitative estimate of drug-likeness (QED) is 0.485. The average molecular weight is 400 g/mol. The Kier molecular flexibility index (Phi) is 7.69. The number of hydrogen-bond acceptors (Lipinski definition) is 4. The van der Waals surface area contributed by atoms with Gasteiger partial charge in [-0.1, -0.05) is 23.8 Å². The number of phenols is 1. The summed E-state index contributed by atoms with van der Waals surface area (Å²) in [5, 5.41) is 15.7. The van der Waals surface area contributed by atoms with Crippen LogP contribution in [0.5, 0.6) is 5.75 Å². The molecule has 1 aliphatic carbocycles. The van der Waals surface area contributed by atoms with Gasteiger partial charge in [0, 0.05) is 12.5 Å². The summed E-state index contributed by atoms with van der Waals surface area (Å²) in [5.41, 5.74) is 1.92. The smallest absolute Gasteiger partial charge is 0.237 e. The first-order valence-electron chi connectivity index (χ1n) is 10.8. The minimum atomic E-state index is -0.183. The highest BCUT2D eigenvalue weighted by atomic mass is 16.3. The number of rotatable bonds is 7. The third kappa shape index (κ3) is 6.07. The first kappa shape index (κ1) is 21.4. The zero-order valence-electron chi connectivity index (χ0n) is 17.3. The van der Waals surface area contributed by atoms with Gasteiger partial charge in [0.1, 0.15) is 5.75 Å². The molecule has 1 aliphatic heterocycles. The van der Waals surface area contributed by atoms with E-state index >= 15 is 0 Å². The summed E-state index contributed by atoms with van der Waals surface area (Å²) in [6.45, 7) is 4.09. The standard InChI is InChI=1S/C23H33N3O3/c1-17(22(28)24-14-11-18-7-3-2-4-8-18)26-15-12-19(13-16-26)23(29)25-20-9-5-6-10-21(20)27/h5-7,9-10,17,19,27H,2-4,8,11-16H2,1H3,(H,24,28)(H,25,29).